The molecule has 1 aromatic heterocycles. The number of hydrogen-bond acceptors (Lipinski definition) is 6. The number of nitrogens with one attached hydrogen (secondary N) is 2. The summed E-state index contributed by atoms with van der Waals surface area (Å²) in [4.78, 5) is 39.9. The second-order valence-corrected chi connectivity index (χ2v) is 8.65. The molecule has 1 aliphatic heterocycles. The second kappa shape index (κ2) is 9.27. The smallest absolute Gasteiger partial charge is 0.259 e. The Bertz CT molecular complexity index is 1180. The molecule has 0 spiro atoms. The first-order valence-electron chi connectivity index (χ1n) is 10.3. The van der Waals surface area contributed by atoms with E-state index in [0.717, 1.165) is 22.7 Å². The molecule has 3 amide bonds. The van der Waals surface area contributed by atoms with Crippen LogP contribution in [0.2, 0.25) is 0 Å². The number of amides is 3. The molecular weight excluding hydrogens is 426 g/mol. The molecule has 4 rings (SSSR count). The van der Waals surface area contributed by atoms with E-state index in [-0.39, 0.29) is 24.1 Å². The van der Waals surface area contributed by atoms with Gasteiger partial charge in [-0.2, -0.15) is 0 Å². The third kappa shape index (κ3) is 4.67. The van der Waals surface area contributed by atoms with Gasteiger partial charge in [-0.25, -0.2) is 0 Å². The van der Waals surface area contributed by atoms with Gasteiger partial charge >= 0.3 is 0 Å². The van der Waals surface area contributed by atoms with Crippen LogP contribution in [0.5, 0.6) is 0 Å². The molecule has 2 aromatic carbocycles. The molecule has 8 nitrogen and oxygen atoms in total. The number of carbonyl (C=O) groups is 3. The monoisotopic (exact) mass is 449 g/mol. The Morgan fingerprint density at radius 1 is 1.12 bits per heavy atom. The molecular formula is C23H23N5O3S. The van der Waals surface area contributed by atoms with Crippen LogP contribution in [-0.4, -0.2) is 34.5 Å². The second-order valence-electron chi connectivity index (χ2n) is 7.59. The van der Waals surface area contributed by atoms with Gasteiger partial charge < -0.3 is 10.2 Å². The van der Waals surface area contributed by atoms with Crippen LogP contribution in [0.15, 0.2) is 48.5 Å². The van der Waals surface area contributed by atoms with Crippen LogP contribution in [0.1, 0.15) is 34.3 Å². The van der Waals surface area contributed by atoms with Gasteiger partial charge in [0, 0.05) is 18.7 Å². The Kier molecular flexibility index (Phi) is 6.27. The SMILES string of the molecule is CCc1nnc(NC(=O)c2ccccc2NC(=O)C2CC(=O)N(c3cccc(C)c3)C2)s1. The van der Waals surface area contributed by atoms with E-state index < -0.39 is 5.92 Å². The average molecular weight is 450 g/mol. The van der Waals surface area contributed by atoms with Gasteiger partial charge in [-0.3, -0.25) is 19.7 Å². The number of aryl methyl sites for hydroxylation is 2. The standard InChI is InChI=1S/C23H23N5O3S/c1-3-19-26-27-23(32-19)25-22(31)17-9-4-5-10-18(17)24-21(30)15-12-20(29)28(13-15)16-8-6-7-14(2)11-16/h4-11,15H,3,12-13H2,1-2H3,(H,24,30)(H,25,27,31). The van der Waals surface area contributed by atoms with Gasteiger partial charge in [-0.15, -0.1) is 10.2 Å². The summed E-state index contributed by atoms with van der Waals surface area (Å²) >= 11 is 1.31. The minimum atomic E-state index is -0.505. The Labute approximate surface area is 189 Å². The van der Waals surface area contributed by atoms with Gasteiger partial charge in [-0.05, 0) is 43.2 Å². The molecule has 0 bridgehead atoms. The van der Waals surface area contributed by atoms with Crippen molar-refractivity contribution < 1.29 is 14.4 Å². The van der Waals surface area contributed by atoms with Crippen molar-refractivity contribution >= 4 is 45.6 Å². The quantitative estimate of drug-likeness (QED) is 0.598. The fraction of sp³-hybridized carbons (Fsp3) is 0.261. The number of carbonyl (C=O) groups excluding carboxylic acids is 3. The molecule has 2 heterocycles. The highest BCUT2D eigenvalue weighted by atomic mass is 32.1. The highest BCUT2D eigenvalue weighted by Crippen LogP contribution is 2.27. The van der Waals surface area contributed by atoms with E-state index in [4.69, 9.17) is 0 Å². The zero-order chi connectivity index (χ0) is 22.7. The Morgan fingerprint density at radius 2 is 1.94 bits per heavy atom. The Hall–Kier alpha value is -3.59. The van der Waals surface area contributed by atoms with Crippen molar-refractivity contribution in [3.63, 3.8) is 0 Å². The summed E-state index contributed by atoms with van der Waals surface area (Å²) in [5, 5.41) is 14.7. The Balaban J connectivity index is 1.46. The van der Waals surface area contributed by atoms with E-state index >= 15 is 0 Å². The molecule has 2 N–H and O–H groups in total. The Morgan fingerprint density at radius 3 is 2.69 bits per heavy atom. The number of rotatable bonds is 6. The van der Waals surface area contributed by atoms with Crippen LogP contribution in [0.3, 0.4) is 0 Å². The fourth-order valence-electron chi connectivity index (χ4n) is 3.56. The zero-order valence-electron chi connectivity index (χ0n) is 17.8. The predicted octanol–water partition coefficient (Wildman–Crippen LogP) is 3.65. The van der Waals surface area contributed by atoms with Crippen molar-refractivity contribution in [2.45, 2.75) is 26.7 Å². The van der Waals surface area contributed by atoms with Crippen molar-refractivity contribution in [1.29, 1.82) is 0 Å². The van der Waals surface area contributed by atoms with E-state index in [1.165, 1.54) is 11.3 Å². The molecule has 9 heteroatoms. The lowest BCUT2D eigenvalue weighted by Crippen LogP contribution is -2.28. The molecule has 32 heavy (non-hydrogen) atoms. The van der Waals surface area contributed by atoms with Gasteiger partial charge in [0.2, 0.25) is 16.9 Å². The third-order valence-electron chi connectivity index (χ3n) is 5.23. The van der Waals surface area contributed by atoms with Crippen molar-refractivity contribution in [3.05, 3.63) is 64.7 Å². The topological polar surface area (TPSA) is 104 Å². The van der Waals surface area contributed by atoms with Crippen LogP contribution >= 0.6 is 11.3 Å². The maximum absolute atomic E-state index is 12.9. The minimum absolute atomic E-state index is 0.0928. The number of aromatic nitrogens is 2. The maximum Gasteiger partial charge on any atom is 0.259 e. The summed E-state index contributed by atoms with van der Waals surface area (Å²) in [5.41, 5.74) is 2.53. The normalized spacial score (nSPS) is 15.6. The first kappa shape index (κ1) is 21.6. The largest absolute Gasteiger partial charge is 0.325 e. The number of nitrogens with zero attached hydrogens (tertiary/aromatic N) is 3. The van der Waals surface area contributed by atoms with Crippen molar-refractivity contribution in [2.75, 3.05) is 22.1 Å². The molecule has 1 aliphatic rings. The molecule has 0 radical (unpaired) electrons. The first-order valence-corrected chi connectivity index (χ1v) is 11.2. The first-order chi connectivity index (χ1) is 15.4. The summed E-state index contributed by atoms with van der Waals surface area (Å²) < 4.78 is 0. The summed E-state index contributed by atoms with van der Waals surface area (Å²) in [5.74, 6) is -1.28. The lowest BCUT2D eigenvalue weighted by atomic mass is 10.1. The van der Waals surface area contributed by atoms with E-state index in [2.05, 4.69) is 20.8 Å². The van der Waals surface area contributed by atoms with Gasteiger partial charge in [0.15, 0.2) is 0 Å². The molecule has 1 atom stereocenters. The summed E-state index contributed by atoms with van der Waals surface area (Å²) in [6, 6.07) is 14.4. The number of anilines is 3. The van der Waals surface area contributed by atoms with Crippen molar-refractivity contribution in [1.82, 2.24) is 10.2 Å². The van der Waals surface area contributed by atoms with Gasteiger partial charge in [0.05, 0.1) is 17.2 Å². The summed E-state index contributed by atoms with van der Waals surface area (Å²) in [6.07, 6.45) is 0.860. The van der Waals surface area contributed by atoms with Crippen LogP contribution < -0.4 is 15.5 Å². The van der Waals surface area contributed by atoms with Crippen LogP contribution in [0.4, 0.5) is 16.5 Å². The van der Waals surface area contributed by atoms with Crippen LogP contribution in [0.25, 0.3) is 0 Å². The number of para-hydroxylation sites is 1. The molecule has 1 fully saturated rings. The zero-order valence-corrected chi connectivity index (χ0v) is 18.6. The van der Waals surface area contributed by atoms with Gasteiger partial charge in [-0.1, -0.05) is 42.5 Å². The molecule has 3 aromatic rings. The highest BCUT2D eigenvalue weighted by molar-refractivity contribution is 7.15. The van der Waals surface area contributed by atoms with E-state index in [0.29, 0.717) is 22.9 Å². The molecule has 1 saturated heterocycles. The predicted molar refractivity (Wildman–Crippen MR) is 124 cm³/mol. The van der Waals surface area contributed by atoms with Crippen molar-refractivity contribution in [2.24, 2.45) is 5.92 Å². The van der Waals surface area contributed by atoms with Crippen LogP contribution in [-0.2, 0) is 16.0 Å². The third-order valence-corrected chi connectivity index (χ3v) is 6.21. The minimum Gasteiger partial charge on any atom is -0.325 e. The van der Waals surface area contributed by atoms with E-state index in [1.54, 1.807) is 29.2 Å². The lowest BCUT2D eigenvalue weighted by Gasteiger charge is -2.17. The molecule has 1 unspecified atom stereocenters. The van der Waals surface area contributed by atoms with Gasteiger partial charge in [0.25, 0.3) is 5.91 Å². The maximum atomic E-state index is 12.9. The average Bonchev–Trinajstić information content (AvgIpc) is 3.40. The summed E-state index contributed by atoms with van der Waals surface area (Å²) in [6.45, 7) is 4.22. The number of benzene rings is 2. The molecule has 0 saturated carbocycles. The lowest BCUT2D eigenvalue weighted by molar-refractivity contribution is -0.122. The van der Waals surface area contributed by atoms with Gasteiger partial charge in [0.1, 0.15) is 5.01 Å². The molecule has 164 valence electrons. The van der Waals surface area contributed by atoms with Crippen LogP contribution in [0, 0.1) is 12.8 Å². The molecule has 0 aliphatic carbocycles. The fourth-order valence-corrected chi connectivity index (χ4v) is 4.24. The van der Waals surface area contributed by atoms with E-state index in [1.807, 2.05) is 38.1 Å². The summed E-state index contributed by atoms with van der Waals surface area (Å²) in [7, 11) is 0. The van der Waals surface area contributed by atoms with E-state index in [9.17, 15) is 14.4 Å². The number of hydrogen-bond donors (Lipinski definition) is 2. The van der Waals surface area contributed by atoms with Crippen molar-refractivity contribution in [3.8, 4) is 0 Å². The highest BCUT2D eigenvalue weighted by Gasteiger charge is 2.35.